The molecule has 0 saturated heterocycles. The summed E-state index contributed by atoms with van der Waals surface area (Å²) in [6, 6.07) is 8.08. The largest absolute Gasteiger partial charge is 0.468 e. The van der Waals surface area contributed by atoms with E-state index in [2.05, 4.69) is 10.8 Å². The molecule has 14 heavy (non-hydrogen) atoms. The van der Waals surface area contributed by atoms with Gasteiger partial charge in [0.2, 0.25) is 0 Å². The van der Waals surface area contributed by atoms with Crippen molar-refractivity contribution in [3.05, 3.63) is 29.8 Å². The summed E-state index contributed by atoms with van der Waals surface area (Å²) in [5.41, 5.74) is 1.20. The summed E-state index contributed by atoms with van der Waals surface area (Å²) < 4.78 is 4.65. The van der Waals surface area contributed by atoms with E-state index in [-0.39, 0.29) is 11.2 Å². The van der Waals surface area contributed by atoms with E-state index in [1.165, 1.54) is 24.4 Å². The van der Waals surface area contributed by atoms with Gasteiger partial charge in [0.25, 0.3) is 0 Å². The van der Waals surface area contributed by atoms with Gasteiger partial charge in [0.15, 0.2) is 0 Å². The van der Waals surface area contributed by atoms with Crippen LogP contribution < -0.4 is 0 Å². The van der Waals surface area contributed by atoms with E-state index in [1.54, 1.807) is 0 Å². The van der Waals surface area contributed by atoms with Crippen LogP contribution in [-0.2, 0) is 9.53 Å². The number of carbonyl (C=O) groups excluding carboxylic acids is 1. The fourth-order valence-electron chi connectivity index (χ4n) is 1.11. The summed E-state index contributed by atoms with van der Waals surface area (Å²) in [7, 11) is 1.41. The number of ether oxygens (including phenoxy) is 1. The Morgan fingerprint density at radius 3 is 2.79 bits per heavy atom. The van der Waals surface area contributed by atoms with Gasteiger partial charge in [-0.2, -0.15) is 0 Å². The van der Waals surface area contributed by atoms with E-state index in [4.69, 9.17) is 0 Å². The van der Waals surface area contributed by atoms with Crippen LogP contribution in [0.2, 0.25) is 0 Å². The lowest BCUT2D eigenvalue weighted by Gasteiger charge is -2.08. The first-order valence-electron chi connectivity index (χ1n) is 4.44. The van der Waals surface area contributed by atoms with Gasteiger partial charge < -0.3 is 4.74 Å². The minimum Gasteiger partial charge on any atom is -0.468 e. The molecular weight excluding hydrogens is 196 g/mol. The maximum Gasteiger partial charge on any atom is 0.318 e. The van der Waals surface area contributed by atoms with Crippen molar-refractivity contribution in [2.75, 3.05) is 7.11 Å². The smallest absolute Gasteiger partial charge is 0.318 e. The number of hydrogen-bond acceptors (Lipinski definition) is 3. The quantitative estimate of drug-likeness (QED) is 0.566. The molecule has 0 aromatic heterocycles. The SMILES string of the molecule is COC(=O)C(C)Sc1cccc(C)c1. The second kappa shape index (κ2) is 5.05. The molecule has 1 aromatic rings. The van der Waals surface area contributed by atoms with Crippen LogP contribution in [0.5, 0.6) is 0 Å². The molecule has 76 valence electrons. The molecular formula is C11H14O2S. The Kier molecular flexibility index (Phi) is 4.01. The highest BCUT2D eigenvalue weighted by molar-refractivity contribution is 8.00. The lowest BCUT2D eigenvalue weighted by Crippen LogP contribution is -2.14. The highest BCUT2D eigenvalue weighted by atomic mass is 32.2. The van der Waals surface area contributed by atoms with Crippen LogP contribution in [0.1, 0.15) is 12.5 Å². The molecule has 0 fully saturated rings. The number of hydrogen-bond donors (Lipinski definition) is 0. The zero-order chi connectivity index (χ0) is 10.6. The van der Waals surface area contributed by atoms with Crippen molar-refractivity contribution in [3.8, 4) is 0 Å². The maximum absolute atomic E-state index is 11.2. The molecule has 0 aliphatic carbocycles. The van der Waals surface area contributed by atoms with Crippen LogP contribution in [0.25, 0.3) is 0 Å². The van der Waals surface area contributed by atoms with Gasteiger partial charge in [-0.05, 0) is 26.0 Å². The van der Waals surface area contributed by atoms with Crippen molar-refractivity contribution >= 4 is 17.7 Å². The Morgan fingerprint density at radius 2 is 2.21 bits per heavy atom. The van der Waals surface area contributed by atoms with Crippen molar-refractivity contribution in [1.29, 1.82) is 0 Å². The Hall–Kier alpha value is -0.960. The number of benzene rings is 1. The molecule has 1 unspecified atom stereocenters. The van der Waals surface area contributed by atoms with Crippen LogP contribution in [-0.4, -0.2) is 18.3 Å². The summed E-state index contributed by atoms with van der Waals surface area (Å²) >= 11 is 1.52. The van der Waals surface area contributed by atoms with Gasteiger partial charge in [-0.3, -0.25) is 4.79 Å². The van der Waals surface area contributed by atoms with Gasteiger partial charge in [0, 0.05) is 4.90 Å². The molecule has 1 rings (SSSR count). The van der Waals surface area contributed by atoms with E-state index in [0.29, 0.717) is 0 Å². The normalized spacial score (nSPS) is 12.2. The van der Waals surface area contributed by atoms with Crippen LogP contribution in [0.4, 0.5) is 0 Å². The summed E-state index contributed by atoms with van der Waals surface area (Å²) in [5.74, 6) is -0.184. The lowest BCUT2D eigenvalue weighted by molar-refractivity contribution is -0.139. The fraction of sp³-hybridized carbons (Fsp3) is 0.364. The van der Waals surface area contributed by atoms with Crippen LogP contribution in [0, 0.1) is 6.92 Å². The van der Waals surface area contributed by atoms with Gasteiger partial charge in [0.1, 0.15) is 5.25 Å². The third-order valence-corrected chi connectivity index (χ3v) is 2.91. The average Bonchev–Trinajstić information content (AvgIpc) is 2.16. The second-order valence-corrected chi connectivity index (χ2v) is 4.51. The number of rotatable bonds is 3. The van der Waals surface area contributed by atoms with Crippen molar-refractivity contribution < 1.29 is 9.53 Å². The van der Waals surface area contributed by atoms with Gasteiger partial charge in [-0.1, -0.05) is 17.7 Å². The molecule has 1 atom stereocenters. The summed E-state index contributed by atoms with van der Waals surface area (Å²) in [6.07, 6.45) is 0. The standard InChI is InChI=1S/C11H14O2S/c1-8-5-4-6-10(7-8)14-9(2)11(12)13-3/h4-7,9H,1-3H3. The molecule has 2 nitrogen and oxygen atoms in total. The summed E-state index contributed by atoms with van der Waals surface area (Å²) in [6.45, 7) is 3.88. The van der Waals surface area contributed by atoms with Crippen molar-refractivity contribution in [2.45, 2.75) is 24.0 Å². The first-order chi connectivity index (χ1) is 6.63. The van der Waals surface area contributed by atoms with Gasteiger partial charge in [-0.25, -0.2) is 0 Å². The molecule has 0 amide bonds. The van der Waals surface area contributed by atoms with Crippen LogP contribution in [0.15, 0.2) is 29.2 Å². The maximum atomic E-state index is 11.2. The van der Waals surface area contributed by atoms with Crippen molar-refractivity contribution in [1.82, 2.24) is 0 Å². The third-order valence-electron chi connectivity index (χ3n) is 1.84. The van der Waals surface area contributed by atoms with E-state index < -0.39 is 0 Å². The average molecular weight is 210 g/mol. The number of esters is 1. The highest BCUT2D eigenvalue weighted by Crippen LogP contribution is 2.24. The summed E-state index contributed by atoms with van der Waals surface area (Å²) in [5, 5.41) is -0.151. The molecule has 0 saturated carbocycles. The van der Waals surface area contributed by atoms with Crippen molar-refractivity contribution in [3.63, 3.8) is 0 Å². The van der Waals surface area contributed by atoms with Gasteiger partial charge in [-0.15, -0.1) is 11.8 Å². The lowest BCUT2D eigenvalue weighted by atomic mass is 10.2. The minimum absolute atomic E-state index is 0.151. The summed E-state index contributed by atoms with van der Waals surface area (Å²) in [4.78, 5) is 12.3. The topological polar surface area (TPSA) is 26.3 Å². The van der Waals surface area contributed by atoms with E-state index >= 15 is 0 Å². The zero-order valence-electron chi connectivity index (χ0n) is 8.61. The van der Waals surface area contributed by atoms with E-state index in [1.807, 2.05) is 32.0 Å². The van der Waals surface area contributed by atoms with Gasteiger partial charge in [0.05, 0.1) is 7.11 Å². The Bertz CT molecular complexity index is 323. The van der Waals surface area contributed by atoms with E-state index in [9.17, 15) is 4.79 Å². The molecule has 0 aliphatic rings. The van der Waals surface area contributed by atoms with Gasteiger partial charge >= 0.3 is 5.97 Å². The molecule has 0 bridgehead atoms. The Morgan fingerprint density at radius 1 is 1.50 bits per heavy atom. The minimum atomic E-state index is -0.184. The van der Waals surface area contributed by atoms with Crippen LogP contribution in [0.3, 0.4) is 0 Å². The number of carbonyl (C=O) groups is 1. The number of thioether (sulfide) groups is 1. The molecule has 3 heteroatoms. The zero-order valence-corrected chi connectivity index (χ0v) is 9.43. The molecule has 0 N–H and O–H groups in total. The third kappa shape index (κ3) is 3.07. The molecule has 0 radical (unpaired) electrons. The predicted octanol–water partition coefficient (Wildman–Crippen LogP) is 2.65. The Labute approximate surface area is 88.7 Å². The fourth-order valence-corrected chi connectivity index (χ4v) is 2.12. The Balaban J connectivity index is 2.64. The number of aryl methyl sites for hydroxylation is 1. The molecule has 0 aliphatic heterocycles. The highest BCUT2D eigenvalue weighted by Gasteiger charge is 2.13. The van der Waals surface area contributed by atoms with Crippen molar-refractivity contribution in [2.24, 2.45) is 0 Å². The monoisotopic (exact) mass is 210 g/mol. The molecule has 0 heterocycles. The van der Waals surface area contributed by atoms with Crippen LogP contribution >= 0.6 is 11.8 Å². The predicted molar refractivity (Wildman–Crippen MR) is 58.5 cm³/mol. The first kappa shape index (κ1) is 11.1. The first-order valence-corrected chi connectivity index (χ1v) is 5.32. The van der Waals surface area contributed by atoms with E-state index in [0.717, 1.165) is 4.90 Å². The molecule has 0 spiro atoms. The number of methoxy groups -OCH3 is 1. The molecule has 1 aromatic carbocycles. The second-order valence-electron chi connectivity index (χ2n) is 3.10.